The lowest BCUT2D eigenvalue weighted by atomic mass is 9.92. The summed E-state index contributed by atoms with van der Waals surface area (Å²) >= 11 is 0. The van der Waals surface area contributed by atoms with E-state index in [0.717, 1.165) is 50.3 Å². The Morgan fingerprint density at radius 3 is 2.53 bits per heavy atom. The predicted octanol–water partition coefficient (Wildman–Crippen LogP) is 4.07. The number of hydrogen-bond donors (Lipinski definition) is 0. The fourth-order valence-electron chi connectivity index (χ4n) is 5.13. The monoisotopic (exact) mass is 480 g/mol. The van der Waals surface area contributed by atoms with E-state index in [1.165, 1.54) is 16.7 Å². The van der Waals surface area contributed by atoms with E-state index in [0.29, 0.717) is 24.0 Å². The van der Waals surface area contributed by atoms with E-state index < -0.39 is 10.0 Å². The van der Waals surface area contributed by atoms with Crippen molar-refractivity contribution in [2.75, 3.05) is 40.4 Å². The lowest BCUT2D eigenvalue weighted by Gasteiger charge is -2.36. The number of halogens is 1. The molecule has 0 bridgehead atoms. The van der Waals surface area contributed by atoms with Crippen LogP contribution in [0.1, 0.15) is 42.5 Å². The van der Waals surface area contributed by atoms with Gasteiger partial charge in [0.1, 0.15) is 0 Å². The van der Waals surface area contributed by atoms with Crippen LogP contribution < -0.4 is 9.47 Å². The third-order valence-corrected chi connectivity index (χ3v) is 8.58. The van der Waals surface area contributed by atoms with Crippen LogP contribution in [-0.4, -0.2) is 58.0 Å². The van der Waals surface area contributed by atoms with Gasteiger partial charge in [-0.15, -0.1) is 12.4 Å². The molecule has 4 rings (SSSR count). The Hall–Kier alpha value is -1.80. The summed E-state index contributed by atoms with van der Waals surface area (Å²) in [7, 11) is -0.0384. The Balaban J connectivity index is 0.00000289. The molecule has 8 heteroatoms. The highest BCUT2D eigenvalue weighted by Gasteiger charge is 2.36. The first kappa shape index (κ1) is 24.8. The van der Waals surface area contributed by atoms with Gasteiger partial charge < -0.3 is 9.47 Å². The van der Waals surface area contributed by atoms with Crippen LogP contribution in [0.3, 0.4) is 0 Å². The zero-order valence-electron chi connectivity index (χ0n) is 19.0. The van der Waals surface area contributed by atoms with E-state index in [4.69, 9.17) is 9.47 Å². The summed E-state index contributed by atoms with van der Waals surface area (Å²) in [6.45, 7) is 4.79. The minimum absolute atomic E-state index is 0. The maximum atomic E-state index is 13.0. The van der Waals surface area contributed by atoms with Gasteiger partial charge in [0.15, 0.2) is 11.5 Å². The third-order valence-electron chi connectivity index (χ3n) is 6.59. The topological polar surface area (TPSA) is 59.1 Å². The van der Waals surface area contributed by atoms with E-state index in [1.54, 1.807) is 42.8 Å². The van der Waals surface area contributed by atoms with E-state index in [-0.39, 0.29) is 12.4 Å². The van der Waals surface area contributed by atoms with Gasteiger partial charge in [0.25, 0.3) is 0 Å². The number of nitrogens with zero attached hydrogens (tertiary/aromatic N) is 2. The van der Waals surface area contributed by atoms with Crippen LogP contribution in [0, 0.1) is 0 Å². The Morgan fingerprint density at radius 2 is 1.88 bits per heavy atom. The first-order valence-electron chi connectivity index (χ1n) is 11.1. The van der Waals surface area contributed by atoms with Crippen LogP contribution in [0.2, 0.25) is 0 Å². The molecule has 1 unspecified atom stereocenters. The summed E-state index contributed by atoms with van der Waals surface area (Å²) in [6.07, 6.45) is 3.87. The number of hydrogen-bond acceptors (Lipinski definition) is 5. The molecular formula is C24H33ClN2O4S. The van der Waals surface area contributed by atoms with Crippen LogP contribution in [0.5, 0.6) is 11.5 Å². The van der Waals surface area contributed by atoms with Gasteiger partial charge >= 0.3 is 0 Å². The molecule has 1 atom stereocenters. The lowest BCUT2D eigenvalue weighted by Crippen LogP contribution is -2.38. The fraction of sp³-hybridized carbons (Fsp3) is 0.500. The third kappa shape index (κ3) is 4.49. The van der Waals surface area contributed by atoms with Crippen molar-refractivity contribution in [2.45, 2.75) is 43.5 Å². The largest absolute Gasteiger partial charge is 0.493 e. The Kier molecular flexibility index (Phi) is 8.09. The zero-order valence-corrected chi connectivity index (χ0v) is 20.7. The van der Waals surface area contributed by atoms with Crippen LogP contribution in [0.4, 0.5) is 0 Å². The van der Waals surface area contributed by atoms with Crippen molar-refractivity contribution in [3.05, 3.63) is 53.1 Å². The molecular weight excluding hydrogens is 448 g/mol. The average Bonchev–Trinajstić information content (AvgIpc) is 3.24. The normalized spacial score (nSPS) is 17.7. The molecule has 2 aromatic carbocycles. The molecule has 0 saturated carbocycles. The number of ether oxygens (including phenoxy) is 2. The molecule has 0 aromatic heterocycles. The standard InChI is InChI=1S/C24H32N2O4S.ClH/c1-4-26(31(27,28)19-9-6-5-7-10-19)15-8-14-25-16-13-18-17-22(29-2)24(30-3)20-11-12-21(25)23(18)20;/h5-7,9-10,17,21H,4,8,11-16H2,1-3H3;1H. The minimum Gasteiger partial charge on any atom is -0.493 e. The summed E-state index contributed by atoms with van der Waals surface area (Å²) in [5.74, 6) is 1.70. The Morgan fingerprint density at radius 1 is 1.12 bits per heavy atom. The molecule has 1 heterocycles. The highest BCUT2D eigenvalue weighted by molar-refractivity contribution is 7.89. The van der Waals surface area contributed by atoms with Gasteiger partial charge in [-0.25, -0.2) is 8.42 Å². The molecule has 32 heavy (non-hydrogen) atoms. The van der Waals surface area contributed by atoms with Crippen molar-refractivity contribution in [1.82, 2.24) is 9.21 Å². The molecule has 176 valence electrons. The predicted molar refractivity (Wildman–Crippen MR) is 129 cm³/mol. The zero-order chi connectivity index (χ0) is 22.0. The molecule has 2 aliphatic rings. The van der Waals surface area contributed by atoms with Gasteiger partial charge in [-0.05, 0) is 55.0 Å². The fourth-order valence-corrected chi connectivity index (χ4v) is 6.64. The molecule has 0 spiro atoms. The second-order valence-corrected chi connectivity index (χ2v) is 10.1. The highest BCUT2D eigenvalue weighted by Crippen LogP contribution is 2.48. The Bertz CT molecular complexity index is 1030. The van der Waals surface area contributed by atoms with E-state index in [1.807, 2.05) is 13.0 Å². The number of benzene rings is 2. The highest BCUT2D eigenvalue weighted by atomic mass is 35.5. The molecule has 6 nitrogen and oxygen atoms in total. The molecule has 2 aromatic rings. The maximum Gasteiger partial charge on any atom is 0.243 e. The van der Waals surface area contributed by atoms with Crippen molar-refractivity contribution < 1.29 is 17.9 Å². The smallest absolute Gasteiger partial charge is 0.243 e. The molecule has 0 saturated heterocycles. The molecule has 1 aliphatic carbocycles. The molecule has 0 N–H and O–H groups in total. The van der Waals surface area contributed by atoms with Gasteiger partial charge in [-0.1, -0.05) is 25.1 Å². The van der Waals surface area contributed by atoms with Gasteiger partial charge in [0, 0.05) is 37.8 Å². The average molecular weight is 481 g/mol. The van der Waals surface area contributed by atoms with Crippen molar-refractivity contribution in [1.29, 1.82) is 0 Å². The van der Waals surface area contributed by atoms with Crippen molar-refractivity contribution in [2.24, 2.45) is 0 Å². The van der Waals surface area contributed by atoms with E-state index in [9.17, 15) is 8.42 Å². The van der Waals surface area contributed by atoms with Crippen molar-refractivity contribution in [3.63, 3.8) is 0 Å². The SMILES string of the molecule is CCN(CCCN1CCc2cc(OC)c(OC)c3c2C1CC3)S(=O)(=O)c1ccccc1.Cl. The molecule has 0 radical (unpaired) electrons. The Labute approximate surface area is 198 Å². The minimum atomic E-state index is -3.44. The molecule has 0 amide bonds. The first-order chi connectivity index (χ1) is 15.0. The van der Waals surface area contributed by atoms with E-state index in [2.05, 4.69) is 11.0 Å². The molecule has 1 aliphatic heterocycles. The van der Waals surface area contributed by atoms with Gasteiger partial charge in [0.05, 0.1) is 19.1 Å². The summed E-state index contributed by atoms with van der Waals surface area (Å²) in [4.78, 5) is 2.89. The van der Waals surface area contributed by atoms with Gasteiger partial charge in [0.2, 0.25) is 10.0 Å². The van der Waals surface area contributed by atoms with Crippen molar-refractivity contribution in [3.8, 4) is 11.5 Å². The number of methoxy groups -OCH3 is 2. The second kappa shape index (κ2) is 10.4. The summed E-state index contributed by atoms with van der Waals surface area (Å²) in [6, 6.07) is 11.2. The van der Waals surface area contributed by atoms with Crippen LogP contribution >= 0.6 is 12.4 Å². The van der Waals surface area contributed by atoms with Gasteiger partial charge in [-0.2, -0.15) is 4.31 Å². The van der Waals surface area contributed by atoms with E-state index >= 15 is 0 Å². The second-order valence-electron chi connectivity index (χ2n) is 8.17. The number of rotatable bonds is 9. The quantitative estimate of drug-likeness (QED) is 0.541. The lowest BCUT2D eigenvalue weighted by molar-refractivity contribution is 0.179. The first-order valence-corrected chi connectivity index (χ1v) is 12.5. The number of sulfonamides is 1. The summed E-state index contributed by atoms with van der Waals surface area (Å²) in [5.41, 5.74) is 4.06. The maximum absolute atomic E-state index is 13.0. The summed E-state index contributed by atoms with van der Waals surface area (Å²) in [5, 5.41) is 0. The molecule has 0 fully saturated rings. The van der Waals surface area contributed by atoms with Crippen molar-refractivity contribution >= 4 is 22.4 Å². The van der Waals surface area contributed by atoms with Gasteiger partial charge in [-0.3, -0.25) is 4.90 Å². The van der Waals surface area contributed by atoms with Crippen LogP contribution in [0.25, 0.3) is 0 Å². The van der Waals surface area contributed by atoms with Crippen LogP contribution in [-0.2, 0) is 22.9 Å². The van der Waals surface area contributed by atoms with Crippen LogP contribution in [0.15, 0.2) is 41.3 Å². The summed E-state index contributed by atoms with van der Waals surface area (Å²) < 4.78 is 38.7.